The predicted molar refractivity (Wildman–Crippen MR) is 123 cm³/mol. The quantitative estimate of drug-likeness (QED) is 0.175. The number of allylic oxidation sites excluding steroid dienone is 2. The van der Waals surface area contributed by atoms with Crippen LogP contribution >= 0.6 is 0 Å². The van der Waals surface area contributed by atoms with Gasteiger partial charge in [0.05, 0.1) is 6.04 Å². The van der Waals surface area contributed by atoms with E-state index in [1.807, 2.05) is 0 Å². The van der Waals surface area contributed by atoms with Gasteiger partial charge >= 0.3 is 0 Å². The van der Waals surface area contributed by atoms with Crippen molar-refractivity contribution < 1.29 is 4.79 Å². The fraction of sp³-hybridized carbons (Fsp3) is 0.875. The molecule has 1 amide bonds. The van der Waals surface area contributed by atoms with Crippen LogP contribution in [0, 0.1) is 0 Å². The Kier molecular flexibility index (Phi) is 21.7. The van der Waals surface area contributed by atoms with Crippen LogP contribution in [0.1, 0.15) is 116 Å². The molecule has 0 heterocycles. The Morgan fingerprint density at radius 2 is 1.32 bits per heavy atom. The molecule has 0 aliphatic rings. The Bertz CT molecular complexity index is 358. The van der Waals surface area contributed by atoms with E-state index in [1.165, 1.54) is 83.5 Å². The van der Waals surface area contributed by atoms with Crippen molar-refractivity contribution in [1.82, 2.24) is 5.32 Å². The molecule has 5 N–H and O–H groups in total. The number of nitrogens with two attached hydrogens (primary N) is 2. The Morgan fingerprint density at radius 3 is 1.89 bits per heavy atom. The second kappa shape index (κ2) is 22.4. The number of carbonyl (C=O) groups is 1. The molecule has 0 saturated heterocycles. The maximum Gasteiger partial charge on any atom is 0.236 e. The number of rotatable bonds is 21. The molecule has 28 heavy (non-hydrogen) atoms. The van der Waals surface area contributed by atoms with Gasteiger partial charge < -0.3 is 16.8 Å². The summed E-state index contributed by atoms with van der Waals surface area (Å²) in [6, 6.07) is -0.374. The molecular formula is C24H49N3O. The lowest BCUT2D eigenvalue weighted by Crippen LogP contribution is -2.40. The molecule has 1 atom stereocenters. The molecule has 0 aromatic carbocycles. The van der Waals surface area contributed by atoms with Crippen molar-refractivity contribution in [3.8, 4) is 0 Å². The summed E-state index contributed by atoms with van der Waals surface area (Å²) in [5, 5.41) is 2.95. The Balaban J connectivity index is 3.26. The molecule has 166 valence electrons. The summed E-state index contributed by atoms with van der Waals surface area (Å²) in [6.45, 7) is 3.70. The molecule has 4 nitrogen and oxygen atoms in total. The van der Waals surface area contributed by atoms with Crippen molar-refractivity contribution in [3.63, 3.8) is 0 Å². The predicted octanol–water partition coefficient (Wildman–Crippen LogP) is 5.60. The zero-order valence-corrected chi connectivity index (χ0v) is 18.7. The molecule has 0 aliphatic heterocycles. The van der Waals surface area contributed by atoms with Crippen molar-refractivity contribution in [3.05, 3.63) is 12.2 Å². The van der Waals surface area contributed by atoms with E-state index in [2.05, 4.69) is 24.4 Å². The minimum Gasteiger partial charge on any atom is -0.355 e. The largest absolute Gasteiger partial charge is 0.355 e. The van der Waals surface area contributed by atoms with E-state index < -0.39 is 0 Å². The fourth-order valence-corrected chi connectivity index (χ4v) is 3.35. The standard InChI is InChI=1S/C24H49N3O/c1-2-3-4-5-6-7-8-9-10-11-12-13-14-15-16-19-22-27-24(28)23(26)20-17-18-21-25/h9-10,23H,2-8,11-22,25-26H2,1H3,(H,27,28)/t23-/m0/s1. The average molecular weight is 396 g/mol. The Labute approximate surface area is 175 Å². The van der Waals surface area contributed by atoms with Gasteiger partial charge in [-0.3, -0.25) is 4.79 Å². The average Bonchev–Trinajstić information content (AvgIpc) is 2.70. The van der Waals surface area contributed by atoms with Crippen molar-refractivity contribution in [1.29, 1.82) is 0 Å². The first-order valence-electron chi connectivity index (χ1n) is 12.1. The van der Waals surface area contributed by atoms with Crippen LogP contribution in [0.25, 0.3) is 0 Å². The third-order valence-electron chi connectivity index (χ3n) is 5.29. The highest BCUT2D eigenvalue weighted by Crippen LogP contribution is 2.09. The molecule has 0 aliphatic carbocycles. The van der Waals surface area contributed by atoms with Gasteiger partial charge in [-0.2, -0.15) is 0 Å². The number of hydrogen-bond donors (Lipinski definition) is 3. The normalized spacial score (nSPS) is 12.5. The number of unbranched alkanes of at least 4 members (excludes halogenated alkanes) is 13. The summed E-state index contributed by atoms with van der Waals surface area (Å²) >= 11 is 0. The van der Waals surface area contributed by atoms with Gasteiger partial charge in [-0.1, -0.05) is 83.3 Å². The smallest absolute Gasteiger partial charge is 0.236 e. The number of carbonyl (C=O) groups excluding carboxylic acids is 1. The lowest BCUT2D eigenvalue weighted by molar-refractivity contribution is -0.122. The number of nitrogens with one attached hydrogen (secondary N) is 1. The minimum absolute atomic E-state index is 0.00947. The highest BCUT2D eigenvalue weighted by molar-refractivity contribution is 5.81. The van der Waals surface area contributed by atoms with E-state index >= 15 is 0 Å². The van der Waals surface area contributed by atoms with Crippen molar-refractivity contribution in [2.24, 2.45) is 11.5 Å². The highest BCUT2D eigenvalue weighted by Gasteiger charge is 2.11. The SMILES string of the molecule is CCCCCCCCC=CCCCCCCCCNC(=O)[C@@H](N)CCCCN. The van der Waals surface area contributed by atoms with Gasteiger partial charge in [0.2, 0.25) is 5.91 Å². The molecule has 0 saturated carbocycles. The molecule has 0 rings (SSSR count). The van der Waals surface area contributed by atoms with Crippen LogP contribution in [-0.4, -0.2) is 25.0 Å². The molecule has 0 spiro atoms. The van der Waals surface area contributed by atoms with Crippen LogP contribution in [0.3, 0.4) is 0 Å². The summed E-state index contributed by atoms with van der Waals surface area (Å²) in [7, 11) is 0. The van der Waals surface area contributed by atoms with Crippen LogP contribution < -0.4 is 16.8 Å². The molecule has 0 radical (unpaired) electrons. The monoisotopic (exact) mass is 395 g/mol. The number of hydrogen-bond acceptors (Lipinski definition) is 3. The first-order valence-corrected chi connectivity index (χ1v) is 12.1. The first-order chi connectivity index (χ1) is 13.7. The van der Waals surface area contributed by atoms with E-state index in [0.29, 0.717) is 6.54 Å². The topological polar surface area (TPSA) is 81.1 Å². The summed E-state index contributed by atoms with van der Waals surface area (Å²) in [5.41, 5.74) is 11.3. The van der Waals surface area contributed by atoms with Crippen LogP contribution in [0.2, 0.25) is 0 Å². The maximum absolute atomic E-state index is 11.8. The zero-order valence-electron chi connectivity index (χ0n) is 18.7. The van der Waals surface area contributed by atoms with E-state index in [0.717, 1.165) is 32.2 Å². The summed E-state index contributed by atoms with van der Waals surface area (Å²) in [5.74, 6) is -0.00947. The maximum atomic E-state index is 11.8. The van der Waals surface area contributed by atoms with Crippen molar-refractivity contribution >= 4 is 5.91 Å². The van der Waals surface area contributed by atoms with Crippen LogP contribution in [0.5, 0.6) is 0 Å². The lowest BCUT2D eigenvalue weighted by atomic mass is 10.1. The molecule has 0 unspecified atom stereocenters. The van der Waals surface area contributed by atoms with Gasteiger partial charge in [-0.05, 0) is 51.5 Å². The van der Waals surface area contributed by atoms with E-state index in [-0.39, 0.29) is 11.9 Å². The van der Waals surface area contributed by atoms with Crippen LogP contribution in [-0.2, 0) is 4.79 Å². The van der Waals surface area contributed by atoms with Gasteiger partial charge in [-0.25, -0.2) is 0 Å². The van der Waals surface area contributed by atoms with Crippen molar-refractivity contribution in [2.75, 3.05) is 13.1 Å². The van der Waals surface area contributed by atoms with E-state index in [1.54, 1.807) is 0 Å². The molecule has 0 aromatic rings. The summed E-state index contributed by atoms with van der Waals surface area (Å²) in [4.78, 5) is 11.8. The van der Waals surface area contributed by atoms with Gasteiger partial charge in [0.25, 0.3) is 0 Å². The minimum atomic E-state index is -0.374. The third kappa shape index (κ3) is 19.9. The van der Waals surface area contributed by atoms with Crippen LogP contribution in [0.15, 0.2) is 12.2 Å². The highest BCUT2D eigenvalue weighted by atomic mass is 16.2. The third-order valence-corrected chi connectivity index (χ3v) is 5.29. The fourth-order valence-electron chi connectivity index (χ4n) is 3.35. The second-order valence-corrected chi connectivity index (χ2v) is 8.12. The molecular weight excluding hydrogens is 346 g/mol. The lowest BCUT2D eigenvalue weighted by Gasteiger charge is -2.11. The second-order valence-electron chi connectivity index (χ2n) is 8.12. The van der Waals surface area contributed by atoms with E-state index in [4.69, 9.17) is 11.5 Å². The van der Waals surface area contributed by atoms with Gasteiger partial charge in [0, 0.05) is 6.54 Å². The van der Waals surface area contributed by atoms with Crippen molar-refractivity contribution in [2.45, 2.75) is 122 Å². The zero-order chi connectivity index (χ0) is 20.7. The van der Waals surface area contributed by atoms with Gasteiger partial charge in [0.15, 0.2) is 0 Å². The molecule has 0 bridgehead atoms. The molecule has 0 fully saturated rings. The first kappa shape index (κ1) is 27.1. The van der Waals surface area contributed by atoms with Gasteiger partial charge in [-0.15, -0.1) is 0 Å². The summed E-state index contributed by atoms with van der Waals surface area (Å²) < 4.78 is 0. The van der Waals surface area contributed by atoms with Gasteiger partial charge in [0.1, 0.15) is 0 Å². The molecule has 0 aromatic heterocycles. The molecule has 4 heteroatoms. The Hall–Kier alpha value is -0.870. The van der Waals surface area contributed by atoms with E-state index in [9.17, 15) is 4.79 Å². The van der Waals surface area contributed by atoms with Crippen LogP contribution in [0.4, 0.5) is 0 Å². The summed E-state index contributed by atoms with van der Waals surface area (Å²) in [6.07, 6.45) is 25.6. The Morgan fingerprint density at radius 1 is 0.786 bits per heavy atom. The number of amides is 1.